The van der Waals surface area contributed by atoms with Crippen molar-refractivity contribution in [1.82, 2.24) is 14.5 Å². The Labute approximate surface area is 191 Å². The molecule has 0 spiro atoms. The Morgan fingerprint density at radius 3 is 2.44 bits per heavy atom. The number of carbonyl (C=O) groups excluding carboxylic acids is 1. The van der Waals surface area contributed by atoms with Crippen molar-refractivity contribution in [3.8, 4) is 5.75 Å². The van der Waals surface area contributed by atoms with E-state index in [1.54, 1.807) is 0 Å². The van der Waals surface area contributed by atoms with Crippen LogP contribution in [0.4, 0.5) is 0 Å². The number of hydrogen-bond acceptors (Lipinski definition) is 5. The Morgan fingerprint density at radius 1 is 1.12 bits per heavy atom. The highest BCUT2D eigenvalue weighted by atomic mass is 16.5. The molecule has 0 aliphatic rings. The minimum absolute atomic E-state index is 0.165. The Hall–Kier alpha value is -2.86. The minimum atomic E-state index is -0.702. The molecule has 2 unspecified atom stereocenters. The molecule has 32 heavy (non-hydrogen) atoms. The largest absolute Gasteiger partial charge is 0.492 e. The van der Waals surface area contributed by atoms with Gasteiger partial charge in [0.05, 0.1) is 24.9 Å². The summed E-state index contributed by atoms with van der Waals surface area (Å²) in [7, 11) is 1.40. The monoisotopic (exact) mass is 437 g/mol. The number of likely N-dealkylation sites (N-methyl/N-ethyl adjacent to an activating group) is 1. The first kappa shape index (κ1) is 23.8. The van der Waals surface area contributed by atoms with E-state index in [2.05, 4.69) is 59.5 Å². The zero-order valence-electron chi connectivity index (χ0n) is 20.0. The summed E-state index contributed by atoms with van der Waals surface area (Å²) in [5.41, 5.74) is 0.544. The molecule has 2 aromatic carbocycles. The summed E-state index contributed by atoms with van der Waals surface area (Å²) in [5.74, 6) is 0.459. The lowest BCUT2D eigenvalue weighted by Crippen LogP contribution is -2.39. The van der Waals surface area contributed by atoms with Gasteiger partial charge in [-0.15, -0.1) is 0 Å². The summed E-state index contributed by atoms with van der Waals surface area (Å²) >= 11 is 0. The van der Waals surface area contributed by atoms with Gasteiger partial charge in [0.2, 0.25) is 0 Å². The number of methoxy groups -OCH3 is 1. The number of ether oxygens (including phenoxy) is 2. The molecule has 0 aliphatic carbocycles. The van der Waals surface area contributed by atoms with Gasteiger partial charge in [-0.25, -0.2) is 4.98 Å². The van der Waals surface area contributed by atoms with Crippen molar-refractivity contribution >= 4 is 16.7 Å². The van der Waals surface area contributed by atoms with Crippen molar-refractivity contribution in [2.45, 2.75) is 46.7 Å². The molecule has 0 saturated heterocycles. The number of rotatable bonds is 10. The summed E-state index contributed by atoms with van der Waals surface area (Å²) in [6.45, 7) is 12.6. The fourth-order valence-electron chi connectivity index (χ4n) is 4.25. The van der Waals surface area contributed by atoms with Crippen molar-refractivity contribution in [3.05, 3.63) is 60.7 Å². The molecule has 6 heteroatoms. The van der Waals surface area contributed by atoms with Crippen molar-refractivity contribution in [2.75, 3.05) is 26.8 Å². The van der Waals surface area contributed by atoms with Gasteiger partial charge < -0.3 is 14.0 Å². The van der Waals surface area contributed by atoms with Gasteiger partial charge in [-0.3, -0.25) is 9.69 Å². The van der Waals surface area contributed by atoms with Gasteiger partial charge in [-0.05, 0) is 68.4 Å². The predicted molar refractivity (Wildman–Crippen MR) is 128 cm³/mol. The second-order valence-electron chi connectivity index (χ2n) is 8.85. The SMILES string of the molecule is CCN(CC)C(C)C(c1ccc2cc(OCC(C)(C)C(=O)OC)ccc2c1)n1ccnc1. The summed E-state index contributed by atoms with van der Waals surface area (Å²) in [4.78, 5) is 18.7. The normalized spacial score (nSPS) is 13.8. The maximum atomic E-state index is 11.9. The van der Waals surface area contributed by atoms with E-state index in [1.165, 1.54) is 12.7 Å². The Kier molecular flexibility index (Phi) is 7.56. The number of carbonyl (C=O) groups is 1. The molecule has 3 aromatic rings. The van der Waals surface area contributed by atoms with Crippen LogP contribution in [0.3, 0.4) is 0 Å². The van der Waals surface area contributed by atoms with E-state index in [1.807, 2.05) is 44.7 Å². The molecular weight excluding hydrogens is 402 g/mol. The fourth-order valence-corrected chi connectivity index (χ4v) is 4.25. The van der Waals surface area contributed by atoms with Crippen LogP contribution in [0.15, 0.2) is 55.1 Å². The molecular formula is C26H35N3O3. The third kappa shape index (κ3) is 5.13. The lowest BCUT2D eigenvalue weighted by molar-refractivity contribution is -0.152. The van der Waals surface area contributed by atoms with Crippen molar-refractivity contribution in [3.63, 3.8) is 0 Å². The zero-order chi connectivity index (χ0) is 23.3. The number of imidazole rings is 1. The maximum Gasteiger partial charge on any atom is 0.314 e. The third-order valence-corrected chi connectivity index (χ3v) is 6.21. The van der Waals surface area contributed by atoms with Crippen LogP contribution in [0.25, 0.3) is 10.8 Å². The van der Waals surface area contributed by atoms with Crippen LogP contribution in [-0.4, -0.2) is 53.3 Å². The van der Waals surface area contributed by atoms with E-state index >= 15 is 0 Å². The molecule has 0 bridgehead atoms. The van der Waals surface area contributed by atoms with Crippen LogP contribution in [-0.2, 0) is 9.53 Å². The standard InChI is InChI=1S/C26H35N3O3/c1-7-28(8-2)19(3)24(29-14-13-27-18-29)22-10-9-21-16-23(12-11-20(21)15-22)32-17-26(4,5)25(30)31-6/h9-16,18-19,24H,7-8,17H2,1-6H3. The van der Waals surface area contributed by atoms with Crippen molar-refractivity contribution in [1.29, 1.82) is 0 Å². The van der Waals surface area contributed by atoms with E-state index in [9.17, 15) is 4.79 Å². The number of benzene rings is 2. The summed E-state index contributed by atoms with van der Waals surface area (Å²) in [6, 6.07) is 13.1. The Balaban J connectivity index is 1.88. The van der Waals surface area contributed by atoms with Crippen molar-refractivity contribution < 1.29 is 14.3 Å². The van der Waals surface area contributed by atoms with Gasteiger partial charge in [-0.1, -0.05) is 32.0 Å². The summed E-state index contributed by atoms with van der Waals surface area (Å²) < 4.78 is 13.0. The average molecular weight is 438 g/mol. The molecule has 0 aliphatic heterocycles. The second-order valence-corrected chi connectivity index (χ2v) is 8.85. The van der Waals surface area contributed by atoms with Crippen LogP contribution in [0, 0.1) is 5.41 Å². The quantitative estimate of drug-likeness (QED) is 0.421. The lowest BCUT2D eigenvalue weighted by atomic mass is 9.95. The highest BCUT2D eigenvalue weighted by molar-refractivity contribution is 5.84. The predicted octanol–water partition coefficient (Wildman–Crippen LogP) is 4.93. The van der Waals surface area contributed by atoms with E-state index in [4.69, 9.17) is 9.47 Å². The summed E-state index contributed by atoms with van der Waals surface area (Å²) in [5, 5.41) is 2.25. The molecule has 0 fully saturated rings. The zero-order valence-corrected chi connectivity index (χ0v) is 20.0. The Morgan fingerprint density at radius 2 is 1.81 bits per heavy atom. The van der Waals surface area contributed by atoms with Gasteiger partial charge in [0.1, 0.15) is 12.4 Å². The van der Waals surface area contributed by atoms with E-state index < -0.39 is 5.41 Å². The van der Waals surface area contributed by atoms with Crippen LogP contribution < -0.4 is 4.74 Å². The van der Waals surface area contributed by atoms with Crippen LogP contribution in [0.1, 0.15) is 46.2 Å². The van der Waals surface area contributed by atoms with Gasteiger partial charge in [0.15, 0.2) is 0 Å². The smallest absolute Gasteiger partial charge is 0.314 e. The van der Waals surface area contributed by atoms with E-state index in [0.29, 0.717) is 6.04 Å². The van der Waals surface area contributed by atoms with Crippen LogP contribution >= 0.6 is 0 Å². The number of esters is 1. The van der Waals surface area contributed by atoms with Gasteiger partial charge >= 0.3 is 5.97 Å². The number of fused-ring (bicyclic) bond motifs is 1. The minimum Gasteiger partial charge on any atom is -0.492 e. The number of aromatic nitrogens is 2. The molecule has 0 saturated carbocycles. The Bertz CT molecular complexity index is 1030. The van der Waals surface area contributed by atoms with Crippen molar-refractivity contribution in [2.24, 2.45) is 5.41 Å². The molecule has 0 radical (unpaired) electrons. The molecule has 0 amide bonds. The first-order valence-electron chi connectivity index (χ1n) is 11.3. The molecule has 6 nitrogen and oxygen atoms in total. The molecule has 3 rings (SSSR count). The highest BCUT2D eigenvalue weighted by Gasteiger charge is 2.30. The number of nitrogens with zero attached hydrogens (tertiary/aromatic N) is 3. The van der Waals surface area contributed by atoms with E-state index in [-0.39, 0.29) is 18.6 Å². The van der Waals surface area contributed by atoms with Gasteiger partial charge in [0.25, 0.3) is 0 Å². The first-order valence-corrected chi connectivity index (χ1v) is 11.3. The topological polar surface area (TPSA) is 56.6 Å². The van der Waals surface area contributed by atoms with E-state index in [0.717, 1.165) is 29.6 Å². The average Bonchev–Trinajstić information content (AvgIpc) is 3.32. The number of hydrogen-bond donors (Lipinski definition) is 0. The molecule has 0 N–H and O–H groups in total. The second kappa shape index (κ2) is 10.2. The highest BCUT2D eigenvalue weighted by Crippen LogP contribution is 2.30. The molecule has 1 aromatic heterocycles. The fraction of sp³-hybridized carbons (Fsp3) is 0.462. The molecule has 1 heterocycles. The molecule has 2 atom stereocenters. The maximum absolute atomic E-state index is 11.9. The third-order valence-electron chi connectivity index (χ3n) is 6.21. The lowest BCUT2D eigenvalue weighted by Gasteiger charge is -2.34. The first-order chi connectivity index (χ1) is 15.3. The van der Waals surface area contributed by atoms with Gasteiger partial charge in [-0.2, -0.15) is 0 Å². The summed E-state index contributed by atoms with van der Waals surface area (Å²) in [6.07, 6.45) is 5.77. The van der Waals surface area contributed by atoms with Crippen LogP contribution in [0.2, 0.25) is 0 Å². The molecule has 172 valence electrons. The van der Waals surface area contributed by atoms with Crippen LogP contribution in [0.5, 0.6) is 5.75 Å². The van der Waals surface area contributed by atoms with Gasteiger partial charge in [0, 0.05) is 18.4 Å².